The van der Waals surface area contributed by atoms with Gasteiger partial charge in [0, 0.05) is 28.0 Å². The molecule has 0 bridgehead atoms. The molecule has 148 valence electrons. The van der Waals surface area contributed by atoms with Crippen molar-refractivity contribution < 1.29 is 13.9 Å². The Balaban J connectivity index is 1.43. The van der Waals surface area contributed by atoms with Crippen LogP contribution in [0.3, 0.4) is 0 Å². The molecule has 0 saturated carbocycles. The zero-order chi connectivity index (χ0) is 20.2. The molecular weight excluding hydrogens is 384 g/mol. The Morgan fingerprint density at radius 2 is 2.03 bits per heavy atom. The fourth-order valence-corrected chi connectivity index (χ4v) is 3.99. The van der Waals surface area contributed by atoms with Crippen molar-refractivity contribution in [3.05, 3.63) is 65.2 Å². The summed E-state index contributed by atoms with van der Waals surface area (Å²) in [6.45, 7) is 2.17. The third-order valence-electron chi connectivity index (χ3n) is 4.75. The molecule has 0 unspecified atom stereocenters. The number of hydrogen-bond acceptors (Lipinski definition) is 5. The summed E-state index contributed by atoms with van der Waals surface area (Å²) in [7, 11) is 1.61. The van der Waals surface area contributed by atoms with E-state index in [1.54, 1.807) is 13.4 Å². The molecule has 0 radical (unpaired) electrons. The van der Waals surface area contributed by atoms with Crippen LogP contribution in [0.2, 0.25) is 0 Å². The fourth-order valence-electron chi connectivity index (χ4n) is 3.26. The van der Waals surface area contributed by atoms with Crippen molar-refractivity contribution in [2.45, 2.75) is 26.2 Å². The summed E-state index contributed by atoms with van der Waals surface area (Å²) in [5.41, 5.74) is 4.79. The number of fused-ring (bicyclic) bond motifs is 1. The number of anilines is 1. The maximum Gasteiger partial charge on any atom is 0.230 e. The number of aromatic nitrogens is 1. The van der Waals surface area contributed by atoms with Crippen LogP contribution in [0.15, 0.2) is 58.5 Å². The van der Waals surface area contributed by atoms with Crippen molar-refractivity contribution in [1.29, 1.82) is 0 Å². The quantitative estimate of drug-likeness (QED) is 0.428. The van der Waals surface area contributed by atoms with E-state index >= 15 is 0 Å². The zero-order valence-corrected chi connectivity index (χ0v) is 17.2. The van der Waals surface area contributed by atoms with Gasteiger partial charge in [0.05, 0.1) is 25.5 Å². The molecule has 2 aromatic heterocycles. The van der Waals surface area contributed by atoms with Gasteiger partial charge in [0.25, 0.3) is 0 Å². The molecule has 29 heavy (non-hydrogen) atoms. The van der Waals surface area contributed by atoms with E-state index in [9.17, 15) is 4.79 Å². The summed E-state index contributed by atoms with van der Waals surface area (Å²) >= 11 is 1.43. The Morgan fingerprint density at radius 3 is 2.79 bits per heavy atom. The Morgan fingerprint density at radius 1 is 1.21 bits per heavy atom. The molecule has 6 heteroatoms. The number of furan rings is 1. The molecule has 5 nitrogen and oxygen atoms in total. The molecule has 0 atom stereocenters. The molecule has 0 aliphatic rings. The van der Waals surface area contributed by atoms with Gasteiger partial charge in [0.2, 0.25) is 5.91 Å². The van der Waals surface area contributed by atoms with Gasteiger partial charge in [-0.3, -0.25) is 4.79 Å². The van der Waals surface area contributed by atoms with Crippen molar-refractivity contribution in [3.8, 4) is 17.0 Å². The number of nitrogens with zero attached hydrogens (tertiary/aromatic N) is 1. The molecule has 0 aliphatic carbocycles. The van der Waals surface area contributed by atoms with Gasteiger partial charge >= 0.3 is 0 Å². The van der Waals surface area contributed by atoms with Crippen molar-refractivity contribution in [2.24, 2.45) is 0 Å². The highest BCUT2D eigenvalue weighted by Gasteiger charge is 2.13. The second kappa shape index (κ2) is 8.49. The maximum atomic E-state index is 12.5. The highest BCUT2D eigenvalue weighted by molar-refractivity contribution is 7.14. The first-order chi connectivity index (χ1) is 14.2. The zero-order valence-electron chi connectivity index (χ0n) is 16.4. The van der Waals surface area contributed by atoms with Gasteiger partial charge in [-0.2, -0.15) is 0 Å². The molecule has 0 saturated heterocycles. The number of benzene rings is 2. The van der Waals surface area contributed by atoms with E-state index in [0.717, 1.165) is 40.8 Å². The second-order valence-corrected chi connectivity index (χ2v) is 7.69. The number of aryl methyl sites for hydroxylation is 1. The molecular formula is C23H22N2O3S. The highest BCUT2D eigenvalue weighted by Crippen LogP contribution is 2.28. The van der Waals surface area contributed by atoms with E-state index in [-0.39, 0.29) is 12.3 Å². The average Bonchev–Trinajstić information content (AvgIpc) is 3.35. The lowest BCUT2D eigenvalue weighted by atomic mass is 10.1. The van der Waals surface area contributed by atoms with E-state index in [1.165, 1.54) is 16.9 Å². The number of carbonyl (C=O) groups is 1. The van der Waals surface area contributed by atoms with Gasteiger partial charge in [-0.1, -0.05) is 37.6 Å². The minimum absolute atomic E-state index is 0.122. The molecule has 2 heterocycles. The summed E-state index contributed by atoms with van der Waals surface area (Å²) in [4.78, 5) is 17.1. The van der Waals surface area contributed by atoms with Gasteiger partial charge in [0.1, 0.15) is 11.3 Å². The topological polar surface area (TPSA) is 64.4 Å². The number of ether oxygens (including phenoxy) is 1. The lowest BCUT2D eigenvalue weighted by molar-refractivity contribution is -0.115. The van der Waals surface area contributed by atoms with E-state index < -0.39 is 0 Å². The largest absolute Gasteiger partial charge is 0.497 e. The SMILES string of the molecule is CCCc1ccc(-c2csc(NC(=O)Cc3coc4cc(OC)ccc34)n2)cc1. The predicted molar refractivity (Wildman–Crippen MR) is 117 cm³/mol. The summed E-state index contributed by atoms with van der Waals surface area (Å²) in [5, 5.41) is 6.36. The number of nitrogens with one attached hydrogen (secondary N) is 1. The van der Waals surface area contributed by atoms with Crippen molar-refractivity contribution in [3.63, 3.8) is 0 Å². The summed E-state index contributed by atoms with van der Waals surface area (Å²) in [6, 6.07) is 14.0. The summed E-state index contributed by atoms with van der Waals surface area (Å²) in [6.07, 6.45) is 4.05. The Hall–Kier alpha value is -3.12. The molecule has 2 aromatic carbocycles. The van der Waals surface area contributed by atoms with E-state index in [4.69, 9.17) is 9.15 Å². The van der Waals surface area contributed by atoms with Crippen LogP contribution in [0.25, 0.3) is 22.2 Å². The normalized spacial score (nSPS) is 11.0. The van der Waals surface area contributed by atoms with Crippen LogP contribution in [-0.4, -0.2) is 18.0 Å². The van der Waals surface area contributed by atoms with Crippen LogP contribution in [-0.2, 0) is 17.6 Å². The van der Waals surface area contributed by atoms with Crippen molar-refractivity contribution in [1.82, 2.24) is 4.98 Å². The molecule has 0 aliphatic heterocycles. The number of carbonyl (C=O) groups excluding carboxylic acids is 1. The van der Waals surface area contributed by atoms with Crippen molar-refractivity contribution in [2.75, 3.05) is 12.4 Å². The standard InChI is InChI=1S/C23H22N2O3S/c1-3-4-15-5-7-16(8-6-15)20-14-29-23(24-20)25-22(26)11-17-13-28-21-12-18(27-2)9-10-19(17)21/h5-10,12-14H,3-4,11H2,1-2H3,(H,24,25,26). The Labute approximate surface area is 173 Å². The number of methoxy groups -OCH3 is 1. The summed E-state index contributed by atoms with van der Waals surface area (Å²) in [5.74, 6) is 0.601. The average molecular weight is 407 g/mol. The van der Waals surface area contributed by atoms with Gasteiger partial charge in [-0.15, -0.1) is 11.3 Å². The highest BCUT2D eigenvalue weighted by atomic mass is 32.1. The smallest absolute Gasteiger partial charge is 0.230 e. The first-order valence-electron chi connectivity index (χ1n) is 9.55. The van der Waals surface area contributed by atoms with Gasteiger partial charge < -0.3 is 14.5 Å². The second-order valence-electron chi connectivity index (χ2n) is 6.83. The van der Waals surface area contributed by atoms with Crippen LogP contribution in [0.1, 0.15) is 24.5 Å². The third kappa shape index (κ3) is 4.32. The number of thiazole rings is 1. The molecule has 4 rings (SSSR count). The monoisotopic (exact) mass is 406 g/mol. The number of rotatable bonds is 7. The number of hydrogen-bond donors (Lipinski definition) is 1. The lowest BCUT2D eigenvalue weighted by Gasteiger charge is -2.02. The molecule has 4 aromatic rings. The van der Waals surface area contributed by atoms with Gasteiger partial charge in [-0.25, -0.2) is 4.98 Å². The van der Waals surface area contributed by atoms with Crippen LogP contribution >= 0.6 is 11.3 Å². The molecule has 0 fully saturated rings. The third-order valence-corrected chi connectivity index (χ3v) is 5.51. The molecule has 1 N–H and O–H groups in total. The first kappa shape index (κ1) is 19.2. The first-order valence-corrected chi connectivity index (χ1v) is 10.4. The number of amides is 1. The van der Waals surface area contributed by atoms with Gasteiger partial charge in [-0.05, 0) is 24.1 Å². The van der Waals surface area contributed by atoms with E-state index in [0.29, 0.717) is 10.7 Å². The minimum Gasteiger partial charge on any atom is -0.497 e. The van der Waals surface area contributed by atoms with E-state index in [2.05, 4.69) is 41.5 Å². The van der Waals surface area contributed by atoms with Crippen LogP contribution in [0.4, 0.5) is 5.13 Å². The minimum atomic E-state index is -0.122. The lowest BCUT2D eigenvalue weighted by Crippen LogP contribution is -2.13. The van der Waals surface area contributed by atoms with Crippen LogP contribution in [0, 0.1) is 0 Å². The molecule has 1 amide bonds. The van der Waals surface area contributed by atoms with Crippen LogP contribution < -0.4 is 10.1 Å². The van der Waals surface area contributed by atoms with Crippen molar-refractivity contribution >= 4 is 33.3 Å². The molecule has 0 spiro atoms. The van der Waals surface area contributed by atoms with Gasteiger partial charge in [0.15, 0.2) is 5.13 Å². The predicted octanol–water partition coefficient (Wildman–Crippen LogP) is 5.70. The Bertz CT molecular complexity index is 1130. The fraction of sp³-hybridized carbons (Fsp3) is 0.217. The maximum absolute atomic E-state index is 12.5. The van der Waals surface area contributed by atoms with Crippen LogP contribution in [0.5, 0.6) is 5.75 Å². The summed E-state index contributed by atoms with van der Waals surface area (Å²) < 4.78 is 10.8. The van der Waals surface area contributed by atoms with E-state index in [1.807, 2.05) is 23.6 Å². The Kier molecular flexibility index (Phi) is 5.62.